The van der Waals surface area contributed by atoms with Crippen molar-refractivity contribution in [1.29, 1.82) is 0 Å². The number of nitrogens with zero attached hydrogens (tertiary/aromatic N) is 3. The Morgan fingerprint density at radius 3 is 2.77 bits per heavy atom. The molecular weight excluding hydrogens is 409 g/mol. The van der Waals surface area contributed by atoms with Gasteiger partial charge in [0, 0.05) is 30.6 Å². The van der Waals surface area contributed by atoms with Crippen LogP contribution in [-0.4, -0.2) is 65.9 Å². The average molecular weight is 431 g/mol. The van der Waals surface area contributed by atoms with Crippen LogP contribution in [0.2, 0.25) is 0 Å². The molecule has 0 bridgehead atoms. The number of carbonyl (C=O) groups excluding carboxylic acids is 3. The zero-order valence-corrected chi connectivity index (χ0v) is 17.6. The highest BCUT2D eigenvalue weighted by atomic mass is 32.1. The maximum Gasteiger partial charge on any atom is 0.257 e. The van der Waals surface area contributed by atoms with Crippen LogP contribution in [0.4, 0.5) is 9.39 Å². The van der Waals surface area contributed by atoms with Crippen molar-refractivity contribution in [1.82, 2.24) is 9.80 Å². The predicted octanol–water partition coefficient (Wildman–Crippen LogP) is 1.81. The Labute approximate surface area is 177 Å². The number of thiophene rings is 1. The molecule has 30 heavy (non-hydrogen) atoms. The quantitative estimate of drug-likeness (QED) is 0.804. The average Bonchev–Trinajstić information content (AvgIpc) is 3.06. The van der Waals surface area contributed by atoms with Crippen molar-refractivity contribution in [3.63, 3.8) is 0 Å². The van der Waals surface area contributed by atoms with Crippen LogP contribution in [0.3, 0.4) is 0 Å². The van der Waals surface area contributed by atoms with Crippen molar-refractivity contribution in [2.75, 3.05) is 38.2 Å². The number of rotatable bonds is 3. The SMILES string of the molecule is Cc1ccc(F)cc1C(=O)N1CCc2c(sc3c2C(=O)N(C)CC(=O)N3CCO)C1. The number of fused-ring (bicyclic) bond motifs is 3. The first-order valence-electron chi connectivity index (χ1n) is 9.68. The van der Waals surface area contributed by atoms with E-state index in [4.69, 9.17) is 0 Å². The van der Waals surface area contributed by atoms with Crippen LogP contribution >= 0.6 is 11.3 Å². The molecule has 4 rings (SSSR count). The van der Waals surface area contributed by atoms with Gasteiger partial charge in [-0.25, -0.2) is 4.39 Å². The summed E-state index contributed by atoms with van der Waals surface area (Å²) >= 11 is 1.31. The molecule has 3 heterocycles. The van der Waals surface area contributed by atoms with Crippen LogP contribution in [0.5, 0.6) is 0 Å². The maximum atomic E-state index is 13.7. The van der Waals surface area contributed by atoms with Crippen molar-refractivity contribution in [3.8, 4) is 0 Å². The number of aliphatic hydroxyl groups excluding tert-OH is 1. The number of benzene rings is 1. The number of carbonyl (C=O) groups is 3. The number of amides is 3. The van der Waals surface area contributed by atoms with Gasteiger partial charge >= 0.3 is 0 Å². The second-order valence-electron chi connectivity index (χ2n) is 7.55. The maximum absolute atomic E-state index is 13.7. The first-order chi connectivity index (χ1) is 14.3. The van der Waals surface area contributed by atoms with E-state index < -0.39 is 5.82 Å². The first kappa shape index (κ1) is 20.5. The highest BCUT2D eigenvalue weighted by Gasteiger charge is 2.37. The lowest BCUT2D eigenvalue weighted by Crippen LogP contribution is -2.39. The summed E-state index contributed by atoms with van der Waals surface area (Å²) in [5, 5.41) is 9.94. The number of halogens is 1. The third-order valence-electron chi connectivity index (χ3n) is 5.56. The number of hydrogen-bond donors (Lipinski definition) is 1. The first-order valence-corrected chi connectivity index (χ1v) is 10.5. The molecule has 1 aromatic heterocycles. The minimum atomic E-state index is -0.462. The molecule has 0 fully saturated rings. The van der Waals surface area contributed by atoms with Gasteiger partial charge in [0.05, 0.1) is 18.7 Å². The van der Waals surface area contributed by atoms with Crippen molar-refractivity contribution >= 4 is 34.1 Å². The lowest BCUT2D eigenvalue weighted by Gasteiger charge is -2.28. The number of aryl methyl sites for hydroxylation is 1. The zero-order valence-electron chi connectivity index (χ0n) is 16.8. The largest absolute Gasteiger partial charge is 0.395 e. The molecule has 158 valence electrons. The molecule has 0 spiro atoms. The summed E-state index contributed by atoms with van der Waals surface area (Å²) in [5.74, 6) is -1.19. The van der Waals surface area contributed by atoms with Gasteiger partial charge in [-0.05, 0) is 36.6 Å². The molecule has 2 aliphatic rings. The van der Waals surface area contributed by atoms with E-state index in [-0.39, 0.29) is 37.4 Å². The molecule has 3 amide bonds. The van der Waals surface area contributed by atoms with Gasteiger partial charge in [-0.3, -0.25) is 19.3 Å². The number of aliphatic hydroxyl groups is 1. The van der Waals surface area contributed by atoms with Gasteiger partial charge in [0.2, 0.25) is 5.91 Å². The lowest BCUT2D eigenvalue weighted by atomic mass is 10.0. The normalized spacial score (nSPS) is 16.5. The van der Waals surface area contributed by atoms with Gasteiger partial charge in [-0.1, -0.05) is 6.07 Å². The summed E-state index contributed by atoms with van der Waals surface area (Å²) in [4.78, 5) is 43.9. The van der Waals surface area contributed by atoms with Crippen LogP contribution in [-0.2, 0) is 17.8 Å². The van der Waals surface area contributed by atoms with E-state index in [9.17, 15) is 23.9 Å². The molecule has 2 aromatic rings. The summed E-state index contributed by atoms with van der Waals surface area (Å²) in [6, 6.07) is 4.15. The number of hydrogen-bond acceptors (Lipinski definition) is 5. The van der Waals surface area contributed by atoms with Gasteiger partial charge in [-0.2, -0.15) is 0 Å². The van der Waals surface area contributed by atoms with Crippen LogP contribution in [0.15, 0.2) is 18.2 Å². The molecule has 0 aliphatic carbocycles. The third kappa shape index (κ3) is 3.37. The van der Waals surface area contributed by atoms with E-state index in [0.717, 1.165) is 10.4 Å². The molecule has 2 aliphatic heterocycles. The fourth-order valence-corrected chi connectivity index (χ4v) is 5.36. The Morgan fingerprint density at radius 2 is 2.03 bits per heavy atom. The molecule has 0 atom stereocenters. The van der Waals surface area contributed by atoms with Crippen molar-refractivity contribution < 1.29 is 23.9 Å². The third-order valence-corrected chi connectivity index (χ3v) is 6.80. The summed E-state index contributed by atoms with van der Waals surface area (Å²) in [6.07, 6.45) is 0.474. The molecule has 0 unspecified atom stereocenters. The number of β-amino-alcohol motifs (C(OH)–C–C–N with tert-alkyl or cyclic N) is 1. The van der Waals surface area contributed by atoms with Crippen molar-refractivity contribution in [2.45, 2.75) is 19.9 Å². The summed E-state index contributed by atoms with van der Waals surface area (Å²) in [5.41, 5.74) is 2.37. The molecule has 1 N–H and O–H groups in total. The molecule has 9 heteroatoms. The summed E-state index contributed by atoms with van der Waals surface area (Å²) in [6.45, 7) is 2.31. The topological polar surface area (TPSA) is 81.2 Å². The van der Waals surface area contributed by atoms with Crippen LogP contribution in [0.1, 0.15) is 36.7 Å². The fraction of sp³-hybridized carbons (Fsp3) is 0.381. The highest BCUT2D eigenvalue weighted by Crippen LogP contribution is 2.41. The second kappa shape index (κ2) is 7.81. The van der Waals surface area contributed by atoms with E-state index in [2.05, 4.69) is 0 Å². The Bertz CT molecular complexity index is 1050. The highest BCUT2D eigenvalue weighted by molar-refractivity contribution is 7.17. The van der Waals surface area contributed by atoms with E-state index in [0.29, 0.717) is 41.2 Å². The lowest BCUT2D eigenvalue weighted by molar-refractivity contribution is -0.119. The second-order valence-corrected chi connectivity index (χ2v) is 8.63. The van der Waals surface area contributed by atoms with Gasteiger partial charge in [-0.15, -0.1) is 11.3 Å². The summed E-state index contributed by atoms with van der Waals surface area (Å²) in [7, 11) is 1.59. The van der Waals surface area contributed by atoms with Gasteiger partial charge < -0.3 is 14.9 Å². The monoisotopic (exact) mass is 431 g/mol. The number of anilines is 1. The van der Waals surface area contributed by atoms with E-state index in [1.165, 1.54) is 33.3 Å². The van der Waals surface area contributed by atoms with Crippen LogP contribution in [0, 0.1) is 12.7 Å². The standard InChI is InChI=1S/C21H22FN3O4S/c1-12-3-4-13(22)9-15(12)19(28)24-6-5-14-16(10-24)30-21-18(14)20(29)23(2)11-17(27)25(21)7-8-26/h3-4,9,26H,5-8,10-11H2,1-2H3. The Morgan fingerprint density at radius 1 is 1.27 bits per heavy atom. The molecule has 7 nitrogen and oxygen atoms in total. The van der Waals surface area contributed by atoms with Crippen LogP contribution in [0.25, 0.3) is 0 Å². The van der Waals surface area contributed by atoms with E-state index in [1.54, 1.807) is 24.9 Å². The smallest absolute Gasteiger partial charge is 0.257 e. The molecular formula is C21H22FN3O4S. The predicted molar refractivity (Wildman–Crippen MR) is 110 cm³/mol. The Hall–Kier alpha value is -2.78. The summed E-state index contributed by atoms with van der Waals surface area (Å²) < 4.78 is 13.7. The minimum Gasteiger partial charge on any atom is -0.395 e. The molecule has 1 aromatic carbocycles. The van der Waals surface area contributed by atoms with E-state index in [1.807, 2.05) is 0 Å². The van der Waals surface area contributed by atoms with E-state index >= 15 is 0 Å². The zero-order chi connectivity index (χ0) is 21.6. The Balaban J connectivity index is 1.70. The van der Waals surface area contributed by atoms with Crippen molar-refractivity contribution in [3.05, 3.63) is 51.1 Å². The molecule has 0 radical (unpaired) electrons. The van der Waals surface area contributed by atoms with Crippen molar-refractivity contribution in [2.24, 2.45) is 0 Å². The minimum absolute atomic E-state index is 0.0432. The Kier molecular flexibility index (Phi) is 5.33. The van der Waals surface area contributed by atoms with Gasteiger partial charge in [0.15, 0.2) is 0 Å². The van der Waals surface area contributed by atoms with Gasteiger partial charge in [0.1, 0.15) is 17.4 Å². The molecule has 0 saturated heterocycles. The number of likely N-dealkylation sites (N-methyl/N-ethyl adjacent to an activating group) is 1. The van der Waals surface area contributed by atoms with Gasteiger partial charge in [0.25, 0.3) is 11.8 Å². The fourth-order valence-electron chi connectivity index (χ4n) is 3.96. The molecule has 0 saturated carbocycles. The van der Waals surface area contributed by atoms with Crippen LogP contribution < -0.4 is 4.90 Å².